The standard InChI is InChI=1S/C6H15NO.ClH/c1-7-5-3-2-4-6-8;/h7-8H,2-6H2,1H3;1H. The Morgan fingerprint density at radius 1 is 1.22 bits per heavy atom. The number of halogens is 1. The predicted molar refractivity (Wildman–Crippen MR) is 42.1 cm³/mol. The predicted octanol–water partition coefficient (Wildman–Crippen LogP) is 0.790. The summed E-state index contributed by atoms with van der Waals surface area (Å²) in [5.41, 5.74) is 0. The molecular weight excluding hydrogens is 138 g/mol. The van der Waals surface area contributed by atoms with Crippen molar-refractivity contribution in [1.82, 2.24) is 5.32 Å². The van der Waals surface area contributed by atoms with Crippen LogP contribution in [0.2, 0.25) is 0 Å². The lowest BCUT2D eigenvalue weighted by molar-refractivity contribution is 0.283. The third-order valence-corrected chi connectivity index (χ3v) is 1.08. The van der Waals surface area contributed by atoms with Crippen molar-refractivity contribution in [2.45, 2.75) is 19.3 Å². The molecule has 0 aromatic heterocycles. The van der Waals surface area contributed by atoms with E-state index in [9.17, 15) is 0 Å². The van der Waals surface area contributed by atoms with Gasteiger partial charge in [0, 0.05) is 6.61 Å². The summed E-state index contributed by atoms with van der Waals surface area (Å²) in [7, 11) is 1.94. The van der Waals surface area contributed by atoms with Gasteiger partial charge < -0.3 is 10.4 Å². The van der Waals surface area contributed by atoms with E-state index in [-0.39, 0.29) is 12.4 Å². The van der Waals surface area contributed by atoms with Crippen LogP contribution in [0.3, 0.4) is 0 Å². The molecule has 2 nitrogen and oxygen atoms in total. The molecule has 0 aromatic rings. The summed E-state index contributed by atoms with van der Waals surface area (Å²) < 4.78 is 0. The Morgan fingerprint density at radius 3 is 2.33 bits per heavy atom. The lowest BCUT2D eigenvalue weighted by Crippen LogP contribution is -2.07. The van der Waals surface area contributed by atoms with Crippen LogP contribution < -0.4 is 5.32 Å². The second kappa shape index (κ2) is 11.1. The Hall–Kier alpha value is 0.210. The van der Waals surface area contributed by atoms with Crippen molar-refractivity contribution in [3.8, 4) is 0 Å². The fourth-order valence-electron chi connectivity index (χ4n) is 0.590. The van der Waals surface area contributed by atoms with Crippen LogP contribution in [0.15, 0.2) is 0 Å². The summed E-state index contributed by atoms with van der Waals surface area (Å²) in [4.78, 5) is 0. The Balaban J connectivity index is 0. The maximum Gasteiger partial charge on any atom is 0.0431 e. The van der Waals surface area contributed by atoms with E-state index in [4.69, 9.17) is 5.11 Å². The van der Waals surface area contributed by atoms with Crippen LogP contribution in [0, 0.1) is 0 Å². The molecule has 9 heavy (non-hydrogen) atoms. The number of aliphatic hydroxyl groups excluding tert-OH is 1. The molecule has 0 rings (SSSR count). The molecule has 0 heterocycles. The summed E-state index contributed by atoms with van der Waals surface area (Å²) in [6.45, 7) is 1.41. The second-order valence-electron chi connectivity index (χ2n) is 1.89. The average Bonchev–Trinajstić information content (AvgIpc) is 1.81. The number of hydrogen-bond donors (Lipinski definition) is 2. The van der Waals surface area contributed by atoms with Crippen molar-refractivity contribution < 1.29 is 5.11 Å². The molecule has 3 heteroatoms. The molecule has 0 saturated carbocycles. The van der Waals surface area contributed by atoms with Gasteiger partial charge in [0.1, 0.15) is 0 Å². The number of aliphatic hydroxyl groups is 1. The van der Waals surface area contributed by atoms with Gasteiger partial charge >= 0.3 is 0 Å². The normalized spacial score (nSPS) is 8.67. The van der Waals surface area contributed by atoms with Crippen LogP contribution >= 0.6 is 12.4 Å². The molecule has 0 bridgehead atoms. The van der Waals surface area contributed by atoms with Gasteiger partial charge in [-0.25, -0.2) is 0 Å². The molecule has 0 fully saturated rings. The first-order chi connectivity index (χ1) is 3.91. The maximum absolute atomic E-state index is 8.35. The molecule has 0 radical (unpaired) electrons. The molecule has 0 amide bonds. The summed E-state index contributed by atoms with van der Waals surface area (Å²) in [6.07, 6.45) is 3.26. The van der Waals surface area contributed by atoms with Crippen LogP contribution in [0.5, 0.6) is 0 Å². The highest BCUT2D eigenvalue weighted by atomic mass is 35.5. The van der Waals surface area contributed by atoms with Crippen molar-refractivity contribution in [2.75, 3.05) is 20.2 Å². The molecule has 0 unspecified atom stereocenters. The van der Waals surface area contributed by atoms with E-state index in [2.05, 4.69) is 5.32 Å². The number of unbranched alkanes of at least 4 members (excludes halogenated alkanes) is 2. The first-order valence-electron chi connectivity index (χ1n) is 3.17. The average molecular weight is 154 g/mol. The first kappa shape index (κ1) is 11.9. The van der Waals surface area contributed by atoms with E-state index in [1.807, 2.05) is 7.05 Å². The minimum absolute atomic E-state index is 0. The van der Waals surface area contributed by atoms with E-state index < -0.39 is 0 Å². The summed E-state index contributed by atoms with van der Waals surface area (Å²) in [5, 5.41) is 11.4. The second-order valence-corrected chi connectivity index (χ2v) is 1.89. The lowest BCUT2D eigenvalue weighted by atomic mass is 10.2. The molecule has 2 N–H and O–H groups in total. The van der Waals surface area contributed by atoms with Crippen molar-refractivity contribution in [3.63, 3.8) is 0 Å². The van der Waals surface area contributed by atoms with E-state index in [0.29, 0.717) is 6.61 Å². The largest absolute Gasteiger partial charge is 0.396 e. The molecule has 0 spiro atoms. The third-order valence-electron chi connectivity index (χ3n) is 1.08. The van der Waals surface area contributed by atoms with Gasteiger partial charge in [0.25, 0.3) is 0 Å². The van der Waals surface area contributed by atoms with E-state index in [1.54, 1.807) is 0 Å². The van der Waals surface area contributed by atoms with E-state index >= 15 is 0 Å². The molecule has 0 saturated heterocycles. The van der Waals surface area contributed by atoms with Gasteiger partial charge in [0.2, 0.25) is 0 Å². The fourth-order valence-corrected chi connectivity index (χ4v) is 0.590. The van der Waals surface area contributed by atoms with Crippen LogP contribution in [-0.4, -0.2) is 25.3 Å². The van der Waals surface area contributed by atoms with Crippen LogP contribution in [0.1, 0.15) is 19.3 Å². The summed E-state index contributed by atoms with van der Waals surface area (Å²) in [5.74, 6) is 0. The van der Waals surface area contributed by atoms with Gasteiger partial charge in [0.05, 0.1) is 0 Å². The highest BCUT2D eigenvalue weighted by Crippen LogP contribution is 1.90. The Bertz CT molecular complexity index is 38.0. The monoisotopic (exact) mass is 153 g/mol. The van der Waals surface area contributed by atoms with Gasteiger partial charge in [-0.15, -0.1) is 12.4 Å². The van der Waals surface area contributed by atoms with Gasteiger partial charge in [-0.05, 0) is 32.9 Å². The number of rotatable bonds is 5. The van der Waals surface area contributed by atoms with Gasteiger partial charge in [-0.2, -0.15) is 0 Å². The zero-order valence-electron chi connectivity index (χ0n) is 5.89. The van der Waals surface area contributed by atoms with Crippen LogP contribution in [0.25, 0.3) is 0 Å². The van der Waals surface area contributed by atoms with Gasteiger partial charge in [-0.3, -0.25) is 0 Å². The molecule has 0 atom stereocenters. The van der Waals surface area contributed by atoms with Crippen molar-refractivity contribution in [1.29, 1.82) is 0 Å². The zero-order chi connectivity index (χ0) is 6.24. The van der Waals surface area contributed by atoms with Crippen molar-refractivity contribution >= 4 is 12.4 Å². The zero-order valence-corrected chi connectivity index (χ0v) is 6.71. The third kappa shape index (κ3) is 11.7. The molecular formula is C6H16ClNO. The molecule has 0 aromatic carbocycles. The van der Waals surface area contributed by atoms with Crippen LogP contribution in [0.4, 0.5) is 0 Å². The maximum atomic E-state index is 8.35. The first-order valence-corrected chi connectivity index (χ1v) is 3.17. The number of hydrogen-bond acceptors (Lipinski definition) is 2. The molecule has 0 aliphatic carbocycles. The lowest BCUT2D eigenvalue weighted by Gasteiger charge is -1.95. The molecule has 58 valence electrons. The summed E-state index contributed by atoms with van der Waals surface area (Å²) in [6, 6.07) is 0. The molecule has 0 aliphatic rings. The SMILES string of the molecule is CNCCCCCO.Cl. The van der Waals surface area contributed by atoms with E-state index in [1.165, 1.54) is 6.42 Å². The minimum Gasteiger partial charge on any atom is -0.396 e. The number of nitrogens with one attached hydrogen (secondary N) is 1. The smallest absolute Gasteiger partial charge is 0.0431 e. The van der Waals surface area contributed by atoms with Gasteiger partial charge in [-0.1, -0.05) is 0 Å². The van der Waals surface area contributed by atoms with Crippen molar-refractivity contribution in [3.05, 3.63) is 0 Å². The Kier molecular flexibility index (Phi) is 14.7. The van der Waals surface area contributed by atoms with E-state index in [0.717, 1.165) is 19.4 Å². The quantitative estimate of drug-likeness (QED) is 0.573. The van der Waals surface area contributed by atoms with Crippen LogP contribution in [-0.2, 0) is 0 Å². The topological polar surface area (TPSA) is 32.3 Å². The van der Waals surface area contributed by atoms with Gasteiger partial charge in [0.15, 0.2) is 0 Å². The molecule has 0 aliphatic heterocycles. The Labute approximate surface area is 63.1 Å². The highest BCUT2D eigenvalue weighted by Gasteiger charge is 1.83. The van der Waals surface area contributed by atoms with Crippen molar-refractivity contribution in [2.24, 2.45) is 0 Å². The highest BCUT2D eigenvalue weighted by molar-refractivity contribution is 5.85. The Morgan fingerprint density at radius 2 is 1.89 bits per heavy atom. The fraction of sp³-hybridized carbons (Fsp3) is 1.00. The minimum atomic E-state index is 0. The summed E-state index contributed by atoms with van der Waals surface area (Å²) >= 11 is 0.